The average molecular weight is 538 g/mol. The Balaban J connectivity index is 1.40. The molecule has 0 saturated heterocycles. The van der Waals surface area contributed by atoms with Crippen molar-refractivity contribution in [2.75, 3.05) is 5.73 Å². The van der Waals surface area contributed by atoms with Gasteiger partial charge in [0.05, 0.1) is 40.9 Å². The molecule has 7 heteroatoms. The Morgan fingerprint density at radius 1 is 0.528 bits per heavy atom. The molecule has 2 N–H and O–H groups in total. The van der Waals surface area contributed by atoms with E-state index < -0.39 is 0 Å². The Morgan fingerprint density at radius 2 is 0.944 bits per heavy atom. The number of hydrogen-bond donors (Lipinski definition) is 1. The molecule has 0 spiro atoms. The highest BCUT2D eigenvalue weighted by molar-refractivity contribution is 7.35. The molecule has 0 aliphatic carbocycles. The van der Waals surface area contributed by atoms with E-state index in [-0.39, 0.29) is 0 Å². The van der Waals surface area contributed by atoms with Gasteiger partial charge >= 0.3 is 0 Å². The van der Waals surface area contributed by atoms with Crippen molar-refractivity contribution in [2.24, 2.45) is 14.1 Å². The van der Waals surface area contributed by atoms with Crippen molar-refractivity contribution in [2.45, 2.75) is 6.92 Å². The van der Waals surface area contributed by atoms with Gasteiger partial charge in [-0.2, -0.15) is 0 Å². The third kappa shape index (κ3) is 2.25. The van der Waals surface area contributed by atoms with Crippen LogP contribution in [0.4, 0.5) is 5.69 Å². The Bertz CT molecular complexity index is 2240. The number of anilines is 1. The maximum atomic E-state index is 6.09. The van der Waals surface area contributed by atoms with Gasteiger partial charge in [-0.1, -0.05) is 12.1 Å². The SMILES string of the molecule is Cc1ccc2c(c1)sc1c3sc4cc5c(cc4c3n(C)c21)sc1c2sc3cc(N)ccc3c2n(C)c51. The third-order valence-corrected chi connectivity index (χ3v) is 12.6. The molecule has 3 nitrogen and oxygen atoms in total. The molecule has 0 bridgehead atoms. The molecule has 0 aliphatic heterocycles. The first-order valence-corrected chi connectivity index (χ1v) is 15.1. The van der Waals surface area contributed by atoms with Gasteiger partial charge in [0.1, 0.15) is 0 Å². The lowest BCUT2D eigenvalue weighted by atomic mass is 10.2. The van der Waals surface area contributed by atoms with Gasteiger partial charge in [0, 0.05) is 60.1 Å². The van der Waals surface area contributed by atoms with E-state index in [1.165, 1.54) is 86.8 Å². The summed E-state index contributed by atoms with van der Waals surface area (Å²) in [5, 5.41) is 5.41. The van der Waals surface area contributed by atoms with Crippen LogP contribution in [0.5, 0.6) is 0 Å². The molecular weight excluding hydrogens is 519 g/mol. The largest absolute Gasteiger partial charge is 0.399 e. The molecule has 6 heterocycles. The zero-order valence-corrected chi connectivity index (χ0v) is 23.0. The third-order valence-electron chi connectivity index (χ3n) is 7.71. The number of rotatable bonds is 0. The van der Waals surface area contributed by atoms with E-state index in [2.05, 4.69) is 72.6 Å². The van der Waals surface area contributed by atoms with E-state index in [1.54, 1.807) is 0 Å². The highest BCUT2D eigenvalue weighted by Crippen LogP contribution is 2.51. The van der Waals surface area contributed by atoms with Crippen LogP contribution in [0.1, 0.15) is 5.56 Å². The minimum absolute atomic E-state index is 0.830. The van der Waals surface area contributed by atoms with Crippen molar-refractivity contribution < 1.29 is 0 Å². The van der Waals surface area contributed by atoms with Crippen LogP contribution in [0, 0.1) is 6.92 Å². The summed E-state index contributed by atoms with van der Waals surface area (Å²) in [6.45, 7) is 2.18. The van der Waals surface area contributed by atoms with Gasteiger partial charge < -0.3 is 14.9 Å². The fourth-order valence-corrected chi connectivity index (χ4v) is 11.5. The molecular formula is C29H19N3S4. The van der Waals surface area contributed by atoms with Gasteiger partial charge in [0.15, 0.2) is 0 Å². The predicted octanol–water partition coefficient (Wildman–Crippen LogP) is 9.73. The molecule has 9 aromatic rings. The predicted molar refractivity (Wildman–Crippen MR) is 165 cm³/mol. The molecule has 0 amide bonds. The summed E-state index contributed by atoms with van der Waals surface area (Å²) >= 11 is 7.69. The van der Waals surface area contributed by atoms with Gasteiger partial charge in [0.2, 0.25) is 0 Å². The van der Waals surface area contributed by atoms with Gasteiger partial charge in [-0.15, -0.1) is 45.3 Å². The molecule has 3 aromatic carbocycles. The van der Waals surface area contributed by atoms with Crippen molar-refractivity contribution >= 4 is 132 Å². The molecule has 0 aliphatic rings. The number of aryl methyl sites for hydroxylation is 3. The molecule has 0 unspecified atom stereocenters. The minimum atomic E-state index is 0.830. The highest BCUT2D eigenvalue weighted by Gasteiger charge is 2.23. The first-order valence-electron chi connectivity index (χ1n) is 11.8. The Morgan fingerprint density at radius 3 is 1.47 bits per heavy atom. The second-order valence-electron chi connectivity index (χ2n) is 9.84. The van der Waals surface area contributed by atoms with E-state index in [9.17, 15) is 0 Å². The highest BCUT2D eigenvalue weighted by atomic mass is 32.1. The molecule has 36 heavy (non-hydrogen) atoms. The molecule has 0 atom stereocenters. The fraction of sp³-hybridized carbons (Fsp3) is 0.103. The van der Waals surface area contributed by atoms with Crippen LogP contribution in [0.25, 0.3) is 81.2 Å². The van der Waals surface area contributed by atoms with E-state index in [4.69, 9.17) is 5.73 Å². The lowest BCUT2D eigenvalue weighted by Crippen LogP contribution is -1.87. The summed E-state index contributed by atoms with van der Waals surface area (Å²) in [6.07, 6.45) is 0. The average Bonchev–Trinajstić information content (AvgIpc) is 3.64. The molecule has 0 fully saturated rings. The minimum Gasteiger partial charge on any atom is -0.399 e. The maximum Gasteiger partial charge on any atom is 0.0714 e. The van der Waals surface area contributed by atoms with Crippen LogP contribution in [0.3, 0.4) is 0 Å². The number of nitrogen functional groups attached to an aromatic ring is 1. The zero-order valence-electron chi connectivity index (χ0n) is 19.7. The number of thiophene rings is 4. The van der Waals surface area contributed by atoms with E-state index in [0.717, 1.165) is 5.69 Å². The Kier molecular flexibility index (Phi) is 3.57. The molecule has 174 valence electrons. The second-order valence-corrected chi connectivity index (χ2v) is 14.0. The lowest BCUT2D eigenvalue weighted by molar-refractivity contribution is 1.02. The monoisotopic (exact) mass is 537 g/mol. The molecule has 9 rings (SSSR count). The van der Waals surface area contributed by atoms with Crippen LogP contribution in [0.2, 0.25) is 0 Å². The fourth-order valence-electron chi connectivity index (χ4n) is 6.12. The van der Waals surface area contributed by atoms with Crippen molar-refractivity contribution in [1.82, 2.24) is 9.13 Å². The van der Waals surface area contributed by atoms with Crippen LogP contribution in [-0.4, -0.2) is 9.13 Å². The number of aromatic nitrogens is 2. The Labute approximate surface area is 221 Å². The lowest BCUT2D eigenvalue weighted by Gasteiger charge is -2.01. The normalized spacial score (nSPS) is 13.0. The summed E-state index contributed by atoms with van der Waals surface area (Å²) in [7, 11) is 4.46. The molecule has 0 saturated carbocycles. The van der Waals surface area contributed by atoms with Crippen LogP contribution < -0.4 is 5.73 Å². The first kappa shape index (κ1) is 20.0. The first-order chi connectivity index (χ1) is 17.5. The second kappa shape index (κ2) is 6.42. The number of nitrogens with zero attached hydrogens (tertiary/aromatic N) is 2. The van der Waals surface area contributed by atoms with Crippen molar-refractivity contribution in [3.8, 4) is 0 Å². The van der Waals surface area contributed by atoms with Gasteiger partial charge in [-0.3, -0.25) is 0 Å². The maximum absolute atomic E-state index is 6.09. The summed E-state index contributed by atoms with van der Waals surface area (Å²) in [4.78, 5) is 0. The Hall–Kier alpha value is -3.10. The topological polar surface area (TPSA) is 35.9 Å². The van der Waals surface area contributed by atoms with Gasteiger partial charge in [0.25, 0.3) is 0 Å². The molecule has 0 radical (unpaired) electrons. The van der Waals surface area contributed by atoms with Gasteiger partial charge in [-0.25, -0.2) is 0 Å². The summed E-state index contributed by atoms with van der Waals surface area (Å²) < 4.78 is 15.9. The van der Waals surface area contributed by atoms with Crippen molar-refractivity contribution in [3.63, 3.8) is 0 Å². The number of hydrogen-bond acceptors (Lipinski definition) is 5. The van der Waals surface area contributed by atoms with Crippen molar-refractivity contribution in [3.05, 3.63) is 54.1 Å². The number of benzene rings is 3. The van der Waals surface area contributed by atoms with E-state index in [0.29, 0.717) is 0 Å². The molecule has 6 aromatic heterocycles. The number of fused-ring (bicyclic) bond motifs is 14. The van der Waals surface area contributed by atoms with E-state index >= 15 is 0 Å². The van der Waals surface area contributed by atoms with Crippen LogP contribution in [-0.2, 0) is 14.1 Å². The summed E-state index contributed by atoms with van der Waals surface area (Å²) in [5.74, 6) is 0. The zero-order chi connectivity index (χ0) is 24.0. The standard InChI is InChI=1S/C29H19N3S4/c1-12-4-6-14-18(8-12)33-26-22(14)31(2)24-16-10-21-17(11-20(16)35-28(24)26)25-29(36-21)27-23(32(25)3)15-7-5-13(30)9-19(15)34-27/h4-11H,30H2,1-3H3. The van der Waals surface area contributed by atoms with Crippen molar-refractivity contribution in [1.29, 1.82) is 0 Å². The summed E-state index contributed by atoms with van der Waals surface area (Å²) in [6, 6.07) is 18.0. The quantitative estimate of drug-likeness (QED) is 0.192. The summed E-state index contributed by atoms with van der Waals surface area (Å²) in [5.41, 5.74) is 13.7. The van der Waals surface area contributed by atoms with Gasteiger partial charge in [-0.05, 0) is 48.9 Å². The van der Waals surface area contributed by atoms with E-state index in [1.807, 2.05) is 51.4 Å². The smallest absolute Gasteiger partial charge is 0.0714 e. The van der Waals surface area contributed by atoms with Crippen LogP contribution in [0.15, 0.2) is 48.5 Å². The number of nitrogens with two attached hydrogens (primary N) is 1. The van der Waals surface area contributed by atoms with Crippen LogP contribution >= 0.6 is 45.3 Å².